The summed E-state index contributed by atoms with van der Waals surface area (Å²) in [6.45, 7) is 4.95. The summed E-state index contributed by atoms with van der Waals surface area (Å²) in [6, 6.07) is 5.56. The van der Waals surface area contributed by atoms with Gasteiger partial charge in [-0.1, -0.05) is 34.4 Å². The van der Waals surface area contributed by atoms with Crippen molar-refractivity contribution in [3.05, 3.63) is 45.5 Å². The molecule has 1 fully saturated rings. The molecule has 0 bridgehead atoms. The van der Waals surface area contributed by atoms with E-state index in [0.717, 1.165) is 18.7 Å². The van der Waals surface area contributed by atoms with Crippen LogP contribution in [0.5, 0.6) is 0 Å². The fraction of sp³-hybridized carbons (Fsp3) is 0.529. The smallest absolute Gasteiger partial charge is 0.248 e. The van der Waals surface area contributed by atoms with E-state index >= 15 is 0 Å². The second-order valence-corrected chi connectivity index (χ2v) is 7.00. The van der Waals surface area contributed by atoms with Gasteiger partial charge in [-0.2, -0.15) is 4.98 Å². The minimum Gasteiger partial charge on any atom is -0.379 e. The van der Waals surface area contributed by atoms with Gasteiger partial charge in [0, 0.05) is 35.6 Å². The molecule has 0 spiro atoms. The number of halogens is 3. The highest BCUT2D eigenvalue weighted by Gasteiger charge is 2.31. The van der Waals surface area contributed by atoms with Crippen LogP contribution in [-0.4, -0.2) is 54.4 Å². The Morgan fingerprint density at radius 2 is 2.00 bits per heavy atom. The molecule has 0 aliphatic carbocycles. The molecule has 6 nitrogen and oxygen atoms in total. The lowest BCUT2D eigenvalue weighted by molar-refractivity contribution is 0.0181. The Morgan fingerprint density at radius 3 is 2.65 bits per heavy atom. The molecule has 0 radical (unpaired) electrons. The number of morpholine rings is 1. The summed E-state index contributed by atoms with van der Waals surface area (Å²) in [5.74, 6) is 1.23. The van der Waals surface area contributed by atoms with Crippen molar-refractivity contribution in [1.29, 1.82) is 0 Å². The van der Waals surface area contributed by atoms with Crippen molar-refractivity contribution in [3.63, 3.8) is 0 Å². The SMILES string of the molecule is CNC(C)Cc1noc(C(c2ccc(Cl)cc2Cl)N2CCOCC2)n1.Cl. The van der Waals surface area contributed by atoms with Crippen LogP contribution in [-0.2, 0) is 11.2 Å². The zero-order chi connectivity index (χ0) is 17.8. The standard InChI is InChI=1S/C17H22Cl2N4O2.ClH/c1-11(20-2)9-15-21-17(25-22-15)16(23-5-7-24-8-6-23)13-4-3-12(18)10-14(13)19;/h3-4,10-11,16,20H,5-9H2,1-2H3;1H. The molecule has 0 saturated carbocycles. The molecule has 2 heterocycles. The number of nitrogens with one attached hydrogen (secondary N) is 1. The third-order valence-corrected chi connectivity index (χ3v) is 4.93. The molecule has 3 rings (SSSR count). The van der Waals surface area contributed by atoms with E-state index in [2.05, 4.69) is 27.3 Å². The maximum Gasteiger partial charge on any atom is 0.248 e. The predicted molar refractivity (Wildman–Crippen MR) is 104 cm³/mol. The van der Waals surface area contributed by atoms with Crippen LogP contribution in [0.1, 0.15) is 30.2 Å². The number of rotatable bonds is 6. The normalized spacial score (nSPS) is 17.5. The van der Waals surface area contributed by atoms with Gasteiger partial charge in [0.05, 0.1) is 13.2 Å². The molecule has 1 N–H and O–H groups in total. The molecule has 9 heteroatoms. The largest absolute Gasteiger partial charge is 0.379 e. The molecule has 1 aromatic carbocycles. The van der Waals surface area contributed by atoms with E-state index in [4.69, 9.17) is 32.5 Å². The van der Waals surface area contributed by atoms with Gasteiger partial charge in [-0.25, -0.2) is 0 Å². The van der Waals surface area contributed by atoms with Gasteiger partial charge in [0.15, 0.2) is 5.82 Å². The molecule has 2 unspecified atom stereocenters. The second kappa shape index (κ2) is 9.88. The molecular weight excluding hydrogens is 399 g/mol. The number of ether oxygens (including phenoxy) is 1. The molecule has 1 aliphatic heterocycles. The Hall–Kier alpha value is -0.890. The first-order valence-corrected chi connectivity index (χ1v) is 9.10. The minimum absolute atomic E-state index is 0. The Balaban J connectivity index is 0.00000243. The Kier molecular flexibility index (Phi) is 8.13. The predicted octanol–water partition coefficient (Wildman–Crippen LogP) is 3.37. The zero-order valence-corrected chi connectivity index (χ0v) is 17.1. The first kappa shape index (κ1) is 21.4. The lowest BCUT2D eigenvalue weighted by atomic mass is 10.0. The van der Waals surface area contributed by atoms with Crippen LogP contribution in [0.4, 0.5) is 0 Å². The van der Waals surface area contributed by atoms with Crippen molar-refractivity contribution in [1.82, 2.24) is 20.4 Å². The van der Waals surface area contributed by atoms with Crippen LogP contribution in [0.15, 0.2) is 22.7 Å². The fourth-order valence-corrected chi connectivity index (χ4v) is 3.39. The van der Waals surface area contributed by atoms with Gasteiger partial charge in [0.25, 0.3) is 0 Å². The van der Waals surface area contributed by atoms with Crippen molar-refractivity contribution in [3.8, 4) is 0 Å². The van der Waals surface area contributed by atoms with Crippen molar-refractivity contribution in [2.24, 2.45) is 0 Å². The molecule has 2 aromatic rings. The highest BCUT2D eigenvalue weighted by atomic mass is 35.5. The molecular formula is C17H23Cl3N4O2. The van der Waals surface area contributed by atoms with E-state index in [1.165, 1.54) is 0 Å². The van der Waals surface area contributed by atoms with Crippen molar-refractivity contribution >= 4 is 35.6 Å². The molecule has 0 amide bonds. The number of hydrogen-bond acceptors (Lipinski definition) is 6. The van der Waals surface area contributed by atoms with E-state index < -0.39 is 0 Å². The third kappa shape index (κ3) is 5.09. The van der Waals surface area contributed by atoms with Gasteiger partial charge in [-0.15, -0.1) is 12.4 Å². The van der Waals surface area contributed by atoms with Gasteiger partial charge in [-0.3, -0.25) is 4.90 Å². The lowest BCUT2D eigenvalue weighted by Crippen LogP contribution is -2.39. The van der Waals surface area contributed by atoms with Crippen LogP contribution in [0.2, 0.25) is 10.0 Å². The summed E-state index contributed by atoms with van der Waals surface area (Å²) < 4.78 is 11.1. The number of nitrogens with zero attached hydrogens (tertiary/aromatic N) is 3. The summed E-state index contributed by atoms with van der Waals surface area (Å²) >= 11 is 12.5. The van der Waals surface area contributed by atoms with E-state index in [1.54, 1.807) is 6.07 Å². The third-order valence-electron chi connectivity index (χ3n) is 4.37. The van der Waals surface area contributed by atoms with Crippen molar-refractivity contribution < 1.29 is 9.26 Å². The Bertz CT molecular complexity index is 707. The molecule has 1 saturated heterocycles. The average molecular weight is 422 g/mol. The molecule has 26 heavy (non-hydrogen) atoms. The van der Waals surface area contributed by atoms with Crippen LogP contribution < -0.4 is 5.32 Å². The quantitative estimate of drug-likeness (QED) is 0.771. The van der Waals surface area contributed by atoms with Crippen molar-refractivity contribution in [2.75, 3.05) is 33.4 Å². The lowest BCUT2D eigenvalue weighted by Gasteiger charge is -2.33. The number of likely N-dealkylation sites (N-methyl/N-ethyl adjacent to an activating group) is 1. The summed E-state index contributed by atoms with van der Waals surface area (Å²) in [6.07, 6.45) is 0.699. The Labute approximate surface area is 169 Å². The summed E-state index contributed by atoms with van der Waals surface area (Å²) in [5, 5.41) is 8.51. The minimum atomic E-state index is -0.209. The number of hydrogen-bond donors (Lipinski definition) is 1. The van der Waals surface area contributed by atoms with Crippen LogP contribution in [0.3, 0.4) is 0 Å². The van der Waals surface area contributed by atoms with Gasteiger partial charge in [-0.05, 0) is 31.7 Å². The van der Waals surface area contributed by atoms with E-state index in [0.29, 0.717) is 41.4 Å². The highest BCUT2D eigenvalue weighted by Crippen LogP contribution is 2.34. The van der Waals surface area contributed by atoms with Crippen LogP contribution in [0, 0.1) is 0 Å². The molecule has 1 aromatic heterocycles. The van der Waals surface area contributed by atoms with E-state index in [-0.39, 0.29) is 24.5 Å². The van der Waals surface area contributed by atoms with Crippen LogP contribution in [0.25, 0.3) is 0 Å². The topological polar surface area (TPSA) is 63.4 Å². The highest BCUT2D eigenvalue weighted by molar-refractivity contribution is 6.35. The molecule has 2 atom stereocenters. The Morgan fingerprint density at radius 1 is 1.27 bits per heavy atom. The van der Waals surface area contributed by atoms with Gasteiger partial charge in [0.2, 0.25) is 5.89 Å². The maximum atomic E-state index is 6.46. The molecule has 1 aliphatic rings. The first-order chi connectivity index (χ1) is 12.1. The second-order valence-electron chi connectivity index (χ2n) is 6.16. The monoisotopic (exact) mass is 420 g/mol. The summed E-state index contributed by atoms with van der Waals surface area (Å²) in [7, 11) is 1.91. The van der Waals surface area contributed by atoms with E-state index in [9.17, 15) is 0 Å². The van der Waals surface area contributed by atoms with Crippen LogP contribution >= 0.6 is 35.6 Å². The first-order valence-electron chi connectivity index (χ1n) is 8.35. The number of benzene rings is 1. The van der Waals surface area contributed by atoms with Gasteiger partial charge < -0.3 is 14.6 Å². The fourth-order valence-electron chi connectivity index (χ4n) is 2.88. The number of aromatic nitrogens is 2. The zero-order valence-electron chi connectivity index (χ0n) is 14.7. The van der Waals surface area contributed by atoms with E-state index in [1.807, 2.05) is 19.2 Å². The summed E-state index contributed by atoms with van der Waals surface area (Å²) in [4.78, 5) is 6.87. The van der Waals surface area contributed by atoms with Crippen molar-refractivity contribution in [2.45, 2.75) is 25.4 Å². The maximum absolute atomic E-state index is 6.46. The summed E-state index contributed by atoms with van der Waals surface area (Å²) in [5.41, 5.74) is 0.907. The average Bonchev–Trinajstić information content (AvgIpc) is 3.06. The van der Waals surface area contributed by atoms with Gasteiger partial charge >= 0.3 is 0 Å². The molecule has 144 valence electrons. The van der Waals surface area contributed by atoms with Gasteiger partial charge in [0.1, 0.15) is 6.04 Å².